The molecule has 1 N–H and O–H groups in total. The monoisotopic (exact) mass is 452 g/mol. The maximum absolute atomic E-state index is 12.3. The number of halogens is 1. The number of carbonyl (C=O) groups is 2. The Bertz CT molecular complexity index is 1030. The number of anilines is 2. The molecule has 162 valence electrons. The fourth-order valence-electron chi connectivity index (χ4n) is 3.04. The molecule has 0 saturated heterocycles. The summed E-state index contributed by atoms with van der Waals surface area (Å²) in [5, 5.41) is 2.93. The molecule has 7 nitrogen and oxygen atoms in total. The number of hydrogen-bond acceptors (Lipinski definition) is 5. The van der Waals surface area contributed by atoms with E-state index in [-0.39, 0.29) is 29.5 Å². The normalized spacial score (nSPS) is 11.1. The number of esters is 1. The number of ether oxygens (including phenoxy) is 1. The quantitative estimate of drug-likeness (QED) is 0.612. The molecule has 0 spiro atoms. The van der Waals surface area contributed by atoms with Crippen LogP contribution >= 0.6 is 11.6 Å². The highest BCUT2D eigenvalue weighted by atomic mass is 35.5. The topological polar surface area (TPSA) is 92.8 Å². The second-order valence-corrected chi connectivity index (χ2v) is 9.33. The van der Waals surface area contributed by atoms with Crippen LogP contribution in [0.4, 0.5) is 11.4 Å². The van der Waals surface area contributed by atoms with Gasteiger partial charge in [-0.05, 0) is 61.7 Å². The molecule has 0 aliphatic rings. The van der Waals surface area contributed by atoms with E-state index >= 15 is 0 Å². The molecule has 2 aromatic rings. The van der Waals surface area contributed by atoms with Crippen LogP contribution in [0.2, 0.25) is 5.02 Å². The Morgan fingerprint density at radius 3 is 2.30 bits per heavy atom. The van der Waals surface area contributed by atoms with Crippen molar-refractivity contribution < 1.29 is 22.7 Å². The Morgan fingerprint density at radius 2 is 1.73 bits per heavy atom. The average molecular weight is 453 g/mol. The average Bonchev–Trinajstić information content (AvgIpc) is 2.64. The third kappa shape index (κ3) is 6.47. The van der Waals surface area contributed by atoms with E-state index < -0.39 is 16.0 Å². The standard InChI is InChI=1S/C21H25ClN2O5S/c1-14-10-15(2)12-17(11-14)24(30(4,27)28)9-5-6-20(25)23-19-13-16(21(26)29-3)7-8-18(19)22/h7-8,10-13H,5-6,9H2,1-4H3,(H,23,25). The number of hydrogen-bond donors (Lipinski definition) is 1. The summed E-state index contributed by atoms with van der Waals surface area (Å²) in [6, 6.07) is 9.99. The zero-order valence-corrected chi connectivity index (χ0v) is 18.9. The Morgan fingerprint density at radius 1 is 1.10 bits per heavy atom. The molecule has 0 fully saturated rings. The number of aryl methyl sites for hydroxylation is 2. The molecule has 0 aliphatic heterocycles. The molecule has 0 unspecified atom stereocenters. The predicted octanol–water partition coefficient (Wildman–Crippen LogP) is 3.93. The van der Waals surface area contributed by atoms with E-state index in [0.29, 0.717) is 17.8 Å². The van der Waals surface area contributed by atoms with E-state index in [0.717, 1.165) is 17.4 Å². The van der Waals surface area contributed by atoms with Crippen LogP contribution in [-0.4, -0.2) is 40.2 Å². The summed E-state index contributed by atoms with van der Waals surface area (Å²) in [5.41, 5.74) is 3.03. The van der Waals surface area contributed by atoms with Crippen LogP contribution in [0.5, 0.6) is 0 Å². The van der Waals surface area contributed by atoms with E-state index in [1.807, 2.05) is 19.9 Å². The fraction of sp³-hybridized carbons (Fsp3) is 0.333. The number of methoxy groups -OCH3 is 1. The molecule has 30 heavy (non-hydrogen) atoms. The Labute approximate surface area is 182 Å². The van der Waals surface area contributed by atoms with Crippen molar-refractivity contribution >= 4 is 44.9 Å². The molecule has 0 radical (unpaired) electrons. The molecule has 1 amide bonds. The molecule has 2 rings (SSSR count). The Kier molecular flexibility index (Phi) is 7.86. The van der Waals surface area contributed by atoms with E-state index in [1.165, 1.54) is 29.6 Å². The maximum atomic E-state index is 12.3. The summed E-state index contributed by atoms with van der Waals surface area (Å²) in [6.07, 6.45) is 1.53. The van der Waals surface area contributed by atoms with E-state index in [9.17, 15) is 18.0 Å². The zero-order chi connectivity index (χ0) is 22.5. The van der Waals surface area contributed by atoms with Gasteiger partial charge in [-0.1, -0.05) is 17.7 Å². The van der Waals surface area contributed by atoms with Crippen molar-refractivity contribution in [2.24, 2.45) is 0 Å². The lowest BCUT2D eigenvalue weighted by Gasteiger charge is -2.23. The van der Waals surface area contributed by atoms with Crippen LogP contribution < -0.4 is 9.62 Å². The largest absolute Gasteiger partial charge is 0.465 e. The molecular formula is C21H25ClN2O5S. The second-order valence-electron chi connectivity index (χ2n) is 7.02. The lowest BCUT2D eigenvalue weighted by molar-refractivity contribution is -0.116. The summed E-state index contributed by atoms with van der Waals surface area (Å²) in [7, 11) is -2.24. The lowest BCUT2D eigenvalue weighted by atomic mass is 10.1. The summed E-state index contributed by atoms with van der Waals surface area (Å²) in [5.74, 6) is -0.882. The van der Waals surface area contributed by atoms with Gasteiger partial charge in [0.1, 0.15) is 0 Å². The van der Waals surface area contributed by atoms with Gasteiger partial charge in [0.25, 0.3) is 0 Å². The lowest BCUT2D eigenvalue weighted by Crippen LogP contribution is -2.31. The van der Waals surface area contributed by atoms with Crippen LogP contribution in [0.15, 0.2) is 36.4 Å². The Balaban J connectivity index is 2.05. The number of amides is 1. The smallest absolute Gasteiger partial charge is 0.337 e. The van der Waals surface area contributed by atoms with Gasteiger partial charge in [0.15, 0.2) is 0 Å². The summed E-state index contributed by atoms with van der Waals surface area (Å²) < 4.78 is 30.5. The summed E-state index contributed by atoms with van der Waals surface area (Å²) in [4.78, 5) is 24.0. The molecule has 0 aliphatic carbocycles. The van der Waals surface area contributed by atoms with Gasteiger partial charge in [-0.15, -0.1) is 0 Å². The van der Waals surface area contributed by atoms with E-state index in [4.69, 9.17) is 11.6 Å². The predicted molar refractivity (Wildman–Crippen MR) is 119 cm³/mol. The highest BCUT2D eigenvalue weighted by molar-refractivity contribution is 7.92. The molecule has 0 heterocycles. The van der Waals surface area contributed by atoms with Crippen LogP contribution in [0.25, 0.3) is 0 Å². The number of nitrogens with zero attached hydrogens (tertiary/aromatic N) is 1. The van der Waals surface area contributed by atoms with Crippen molar-refractivity contribution in [1.29, 1.82) is 0 Å². The summed E-state index contributed by atoms with van der Waals surface area (Å²) >= 11 is 6.09. The third-order valence-electron chi connectivity index (χ3n) is 4.32. The van der Waals surface area contributed by atoms with Crippen molar-refractivity contribution in [3.63, 3.8) is 0 Å². The third-order valence-corrected chi connectivity index (χ3v) is 5.84. The number of carbonyl (C=O) groups excluding carboxylic acids is 2. The van der Waals surface area contributed by atoms with Crippen LogP contribution in [0.1, 0.15) is 34.3 Å². The first kappa shape index (κ1) is 23.7. The van der Waals surface area contributed by atoms with Gasteiger partial charge in [-0.3, -0.25) is 9.10 Å². The van der Waals surface area contributed by atoms with Crippen LogP contribution in [0, 0.1) is 13.8 Å². The molecule has 2 aromatic carbocycles. The minimum absolute atomic E-state index is 0.0790. The SMILES string of the molecule is COC(=O)c1ccc(Cl)c(NC(=O)CCCN(c2cc(C)cc(C)c2)S(C)(=O)=O)c1. The van der Waals surface area contributed by atoms with Gasteiger partial charge in [0.05, 0.1) is 35.3 Å². The molecule has 9 heteroatoms. The highest BCUT2D eigenvalue weighted by Gasteiger charge is 2.18. The fourth-order valence-corrected chi connectivity index (χ4v) is 4.16. The van der Waals surface area contributed by atoms with Gasteiger partial charge in [-0.25, -0.2) is 13.2 Å². The van der Waals surface area contributed by atoms with E-state index in [2.05, 4.69) is 10.1 Å². The van der Waals surface area contributed by atoms with Gasteiger partial charge < -0.3 is 10.1 Å². The van der Waals surface area contributed by atoms with Crippen molar-refractivity contribution in [2.75, 3.05) is 29.5 Å². The maximum Gasteiger partial charge on any atom is 0.337 e. The van der Waals surface area contributed by atoms with Crippen molar-refractivity contribution in [3.05, 3.63) is 58.1 Å². The molecular weight excluding hydrogens is 428 g/mol. The van der Waals surface area contributed by atoms with Crippen molar-refractivity contribution in [2.45, 2.75) is 26.7 Å². The number of benzene rings is 2. The minimum Gasteiger partial charge on any atom is -0.465 e. The van der Waals surface area contributed by atoms with Gasteiger partial charge in [0, 0.05) is 13.0 Å². The zero-order valence-electron chi connectivity index (χ0n) is 17.4. The molecule has 0 atom stereocenters. The van der Waals surface area contributed by atoms with Gasteiger partial charge >= 0.3 is 5.97 Å². The van der Waals surface area contributed by atoms with Crippen molar-refractivity contribution in [1.82, 2.24) is 0 Å². The highest BCUT2D eigenvalue weighted by Crippen LogP contribution is 2.24. The molecule has 0 aromatic heterocycles. The molecule has 0 saturated carbocycles. The second kappa shape index (κ2) is 9.95. The summed E-state index contributed by atoms with van der Waals surface area (Å²) in [6.45, 7) is 3.96. The van der Waals surface area contributed by atoms with Gasteiger partial charge in [-0.2, -0.15) is 0 Å². The van der Waals surface area contributed by atoms with Crippen LogP contribution in [0.3, 0.4) is 0 Å². The van der Waals surface area contributed by atoms with Crippen molar-refractivity contribution in [3.8, 4) is 0 Å². The number of sulfonamides is 1. The first-order valence-corrected chi connectivity index (χ1v) is 11.5. The van der Waals surface area contributed by atoms with E-state index in [1.54, 1.807) is 12.1 Å². The number of nitrogens with one attached hydrogen (secondary N) is 1. The minimum atomic E-state index is -3.50. The first-order chi connectivity index (χ1) is 14.0. The van der Waals surface area contributed by atoms with Crippen LogP contribution in [-0.2, 0) is 19.6 Å². The molecule has 0 bridgehead atoms. The Hall–Kier alpha value is -2.58. The van der Waals surface area contributed by atoms with Gasteiger partial charge in [0.2, 0.25) is 15.9 Å². The number of rotatable bonds is 8. The first-order valence-electron chi connectivity index (χ1n) is 9.25.